The fourth-order valence-corrected chi connectivity index (χ4v) is 6.47. The maximum atomic E-state index is 13.3. The maximum Gasteiger partial charge on any atom is 0.353 e. The highest BCUT2D eigenvalue weighted by Gasteiger charge is 2.36. The number of phenolic OH excluding ortho intramolecular Hbond substituents is 1. The minimum atomic E-state index is -2.51. The normalized spacial score (nSPS) is 11.7. The zero-order valence-corrected chi connectivity index (χ0v) is 18.6. The van der Waals surface area contributed by atoms with Crippen LogP contribution < -0.4 is 0 Å². The van der Waals surface area contributed by atoms with Crippen LogP contribution in [0.15, 0.2) is 118 Å². The van der Waals surface area contributed by atoms with Gasteiger partial charge in [-0.05, 0) is 83.1 Å². The van der Waals surface area contributed by atoms with Gasteiger partial charge < -0.3 is 9.29 Å². The van der Waals surface area contributed by atoms with Crippen LogP contribution >= 0.6 is 33.5 Å². The lowest BCUT2D eigenvalue weighted by Crippen LogP contribution is -2.14. The van der Waals surface area contributed by atoms with Crippen molar-refractivity contribution >= 4 is 39.5 Å². The quantitative estimate of drug-likeness (QED) is 0.325. The number of carbonyl (C=O) groups is 1. The summed E-state index contributed by atoms with van der Waals surface area (Å²) in [5.74, 6) is -0.761. The fourth-order valence-electron chi connectivity index (χ4n) is 3.22. The smallest absolute Gasteiger partial charge is 0.353 e. The minimum absolute atomic E-state index is 0.0956. The molecule has 0 heterocycles. The topological polar surface area (TPSA) is 46.5 Å². The lowest BCUT2D eigenvalue weighted by molar-refractivity contribution is 0.0754. The zero-order valence-electron chi connectivity index (χ0n) is 16.2. The van der Waals surface area contributed by atoms with E-state index in [2.05, 4.69) is 0 Å². The van der Waals surface area contributed by atoms with Gasteiger partial charge in [0.1, 0.15) is 11.3 Å². The van der Waals surface area contributed by atoms with Crippen molar-refractivity contribution in [1.82, 2.24) is 0 Å². The van der Waals surface area contributed by atoms with Crippen LogP contribution in [0.2, 0.25) is 10.0 Å². The van der Waals surface area contributed by atoms with Gasteiger partial charge in [0, 0.05) is 24.7 Å². The van der Waals surface area contributed by atoms with E-state index >= 15 is 0 Å². The third kappa shape index (κ3) is 4.28. The number of aromatic hydroxyl groups is 1. The summed E-state index contributed by atoms with van der Waals surface area (Å²) in [5.41, 5.74) is 0.0956. The van der Waals surface area contributed by atoms with E-state index in [9.17, 15) is 9.90 Å². The molecule has 0 aliphatic heterocycles. The van der Waals surface area contributed by atoms with Gasteiger partial charge in [0.2, 0.25) is 0 Å². The van der Waals surface area contributed by atoms with Crippen molar-refractivity contribution in [1.29, 1.82) is 0 Å². The Labute approximate surface area is 192 Å². The standard InChI is InChI=1S/C25H18Cl2O3S/c26-18-10-14-21(15-11-18)31(20-6-2-1-3-7-20,22-16-12-19(27)13-17-22)30-25(29)23-8-4-5-9-24(23)28/h1-17,28H. The van der Waals surface area contributed by atoms with Gasteiger partial charge >= 0.3 is 5.97 Å². The minimum Gasteiger partial charge on any atom is -0.507 e. The van der Waals surface area contributed by atoms with E-state index < -0.39 is 16.3 Å². The Morgan fingerprint density at radius 2 is 1.10 bits per heavy atom. The molecule has 0 atom stereocenters. The number of halogens is 2. The lowest BCUT2D eigenvalue weighted by atomic mass is 10.2. The van der Waals surface area contributed by atoms with Gasteiger partial charge in [-0.25, -0.2) is 4.79 Å². The fraction of sp³-hybridized carbons (Fsp3) is 0. The molecule has 4 aromatic carbocycles. The van der Waals surface area contributed by atoms with E-state index in [1.165, 1.54) is 12.1 Å². The van der Waals surface area contributed by atoms with Gasteiger partial charge in [0.15, 0.2) is 0 Å². The van der Waals surface area contributed by atoms with Crippen molar-refractivity contribution in [2.24, 2.45) is 0 Å². The highest BCUT2D eigenvalue weighted by Crippen LogP contribution is 2.69. The molecular formula is C25H18Cl2O3S. The summed E-state index contributed by atoms with van der Waals surface area (Å²) in [6.07, 6.45) is 0. The first-order valence-electron chi connectivity index (χ1n) is 9.42. The average Bonchev–Trinajstić information content (AvgIpc) is 2.79. The molecule has 31 heavy (non-hydrogen) atoms. The first kappa shape index (κ1) is 21.3. The van der Waals surface area contributed by atoms with Crippen LogP contribution in [0.25, 0.3) is 0 Å². The number of phenols is 1. The summed E-state index contributed by atoms with van der Waals surface area (Å²) in [6, 6.07) is 30.4. The molecule has 0 bridgehead atoms. The largest absolute Gasteiger partial charge is 0.507 e. The Kier molecular flexibility index (Phi) is 6.23. The number of hydrogen-bond acceptors (Lipinski definition) is 3. The van der Waals surface area contributed by atoms with Gasteiger partial charge in [-0.1, -0.05) is 53.5 Å². The third-order valence-electron chi connectivity index (χ3n) is 4.69. The van der Waals surface area contributed by atoms with E-state index in [1.54, 1.807) is 36.4 Å². The van der Waals surface area contributed by atoms with Crippen LogP contribution in [0.5, 0.6) is 5.75 Å². The summed E-state index contributed by atoms with van der Waals surface area (Å²) in [6.45, 7) is 0. The Hall–Kier alpha value is -2.92. The lowest BCUT2D eigenvalue weighted by Gasteiger charge is -2.39. The third-order valence-corrected chi connectivity index (χ3v) is 8.40. The first-order chi connectivity index (χ1) is 15.0. The molecule has 0 unspecified atom stereocenters. The molecule has 0 aliphatic rings. The molecule has 0 fully saturated rings. The van der Waals surface area contributed by atoms with Gasteiger partial charge in [-0.2, -0.15) is 0 Å². The van der Waals surface area contributed by atoms with Crippen molar-refractivity contribution in [3.63, 3.8) is 0 Å². The van der Waals surface area contributed by atoms with Crippen LogP contribution in [0, 0.1) is 0 Å². The summed E-state index contributed by atoms with van der Waals surface area (Å²) in [5, 5.41) is 11.4. The molecule has 0 saturated heterocycles. The SMILES string of the molecule is O=C(OS(c1ccccc1)(c1ccc(Cl)cc1)c1ccc(Cl)cc1)c1ccccc1O. The Morgan fingerprint density at radius 1 is 0.645 bits per heavy atom. The second kappa shape index (κ2) is 9.06. The molecule has 0 radical (unpaired) electrons. The number of carbonyl (C=O) groups excluding carboxylic acids is 1. The molecular weight excluding hydrogens is 451 g/mol. The predicted octanol–water partition coefficient (Wildman–Crippen LogP) is 7.75. The maximum absolute atomic E-state index is 13.3. The van der Waals surface area contributed by atoms with Crippen LogP contribution in [-0.4, -0.2) is 11.1 Å². The van der Waals surface area contributed by atoms with E-state index in [-0.39, 0.29) is 11.3 Å². The molecule has 3 nitrogen and oxygen atoms in total. The molecule has 0 spiro atoms. The molecule has 1 N–H and O–H groups in total. The van der Waals surface area contributed by atoms with Gasteiger partial charge in [0.25, 0.3) is 0 Å². The average molecular weight is 469 g/mol. The van der Waals surface area contributed by atoms with Crippen LogP contribution in [0.4, 0.5) is 0 Å². The molecule has 4 aromatic rings. The number of para-hydroxylation sites is 1. The molecule has 4 rings (SSSR count). The Balaban J connectivity index is 1.97. The van der Waals surface area contributed by atoms with E-state index in [0.717, 1.165) is 14.7 Å². The van der Waals surface area contributed by atoms with Gasteiger partial charge in [-0.15, -0.1) is 0 Å². The summed E-state index contributed by atoms with van der Waals surface area (Å²) in [7, 11) is -2.51. The summed E-state index contributed by atoms with van der Waals surface area (Å²) >= 11 is 12.3. The van der Waals surface area contributed by atoms with Crippen molar-refractivity contribution in [2.45, 2.75) is 14.7 Å². The van der Waals surface area contributed by atoms with Gasteiger partial charge in [-0.3, -0.25) is 0 Å². The van der Waals surface area contributed by atoms with Crippen molar-refractivity contribution < 1.29 is 14.1 Å². The zero-order chi connectivity index (χ0) is 21.8. The van der Waals surface area contributed by atoms with Crippen LogP contribution in [0.3, 0.4) is 0 Å². The molecule has 0 saturated carbocycles. The van der Waals surface area contributed by atoms with E-state index in [4.69, 9.17) is 27.4 Å². The van der Waals surface area contributed by atoms with Crippen LogP contribution in [0.1, 0.15) is 10.4 Å². The molecule has 6 heteroatoms. The van der Waals surface area contributed by atoms with Crippen LogP contribution in [-0.2, 0) is 4.18 Å². The number of rotatable bonds is 5. The van der Waals surface area contributed by atoms with E-state index in [1.807, 2.05) is 54.6 Å². The Morgan fingerprint density at radius 3 is 1.61 bits per heavy atom. The highest BCUT2D eigenvalue weighted by atomic mass is 35.5. The molecule has 156 valence electrons. The molecule has 0 aliphatic carbocycles. The molecule has 0 aromatic heterocycles. The first-order valence-corrected chi connectivity index (χ1v) is 11.7. The number of hydrogen-bond donors (Lipinski definition) is 1. The van der Waals surface area contributed by atoms with Crippen molar-refractivity contribution in [2.75, 3.05) is 0 Å². The number of benzene rings is 4. The second-order valence-electron chi connectivity index (χ2n) is 6.67. The van der Waals surface area contributed by atoms with Crippen molar-refractivity contribution in [3.05, 3.63) is 119 Å². The predicted molar refractivity (Wildman–Crippen MR) is 125 cm³/mol. The van der Waals surface area contributed by atoms with Gasteiger partial charge in [0.05, 0.1) is 0 Å². The van der Waals surface area contributed by atoms with Crippen molar-refractivity contribution in [3.8, 4) is 5.75 Å². The van der Waals surface area contributed by atoms with E-state index in [0.29, 0.717) is 10.0 Å². The highest BCUT2D eigenvalue weighted by molar-refractivity contribution is 8.30. The summed E-state index contributed by atoms with van der Waals surface area (Å²) < 4.78 is 6.34. The second-order valence-corrected chi connectivity index (χ2v) is 10.2. The molecule has 0 amide bonds. The monoisotopic (exact) mass is 468 g/mol. The Bertz CT molecular complexity index is 1150. The summed E-state index contributed by atoms with van der Waals surface area (Å²) in [4.78, 5) is 15.7.